The van der Waals surface area contributed by atoms with Gasteiger partial charge in [-0.25, -0.2) is 4.99 Å². The fraction of sp³-hybridized carbons (Fsp3) is 0.632. The lowest BCUT2D eigenvalue weighted by Crippen LogP contribution is -2.51. The average molecular weight is 318 g/mol. The van der Waals surface area contributed by atoms with Crippen LogP contribution in [0.2, 0.25) is 5.02 Å². The molecule has 1 aliphatic heterocycles. The van der Waals surface area contributed by atoms with Crippen LogP contribution in [0, 0.1) is 5.92 Å². The SMILES string of the molecule is Clc1ccc(C2=NC3(CCCCC3)C3CCCCC3O2)cc1. The van der Waals surface area contributed by atoms with Crippen LogP contribution in [0.1, 0.15) is 63.4 Å². The first kappa shape index (κ1) is 14.6. The van der Waals surface area contributed by atoms with Crippen LogP contribution in [0.25, 0.3) is 0 Å². The zero-order valence-electron chi connectivity index (χ0n) is 13.1. The summed E-state index contributed by atoms with van der Waals surface area (Å²) < 4.78 is 6.35. The normalized spacial score (nSPS) is 30.3. The predicted octanol–water partition coefficient (Wildman–Crippen LogP) is 5.38. The molecule has 1 heterocycles. The van der Waals surface area contributed by atoms with Crippen LogP contribution in [-0.2, 0) is 4.74 Å². The van der Waals surface area contributed by atoms with Gasteiger partial charge in [-0.3, -0.25) is 0 Å². The minimum atomic E-state index is 0.149. The summed E-state index contributed by atoms with van der Waals surface area (Å²) in [5.41, 5.74) is 1.23. The Morgan fingerprint density at radius 3 is 2.45 bits per heavy atom. The van der Waals surface area contributed by atoms with Gasteiger partial charge in [-0.2, -0.15) is 0 Å². The highest BCUT2D eigenvalue weighted by molar-refractivity contribution is 6.30. The van der Waals surface area contributed by atoms with E-state index in [4.69, 9.17) is 21.3 Å². The van der Waals surface area contributed by atoms with Gasteiger partial charge in [0.25, 0.3) is 0 Å². The molecule has 22 heavy (non-hydrogen) atoms. The van der Waals surface area contributed by atoms with Crippen molar-refractivity contribution in [2.75, 3.05) is 0 Å². The molecule has 4 rings (SSSR count). The number of rotatable bonds is 1. The van der Waals surface area contributed by atoms with Gasteiger partial charge >= 0.3 is 0 Å². The molecule has 2 unspecified atom stereocenters. The molecule has 1 aromatic carbocycles. The molecule has 0 aromatic heterocycles. The van der Waals surface area contributed by atoms with Gasteiger partial charge in [0.1, 0.15) is 6.10 Å². The Kier molecular flexibility index (Phi) is 3.89. The van der Waals surface area contributed by atoms with Crippen molar-refractivity contribution in [1.29, 1.82) is 0 Å². The molecule has 2 atom stereocenters. The first-order valence-corrected chi connectivity index (χ1v) is 9.17. The number of fused-ring (bicyclic) bond motifs is 2. The highest BCUT2D eigenvalue weighted by Crippen LogP contribution is 2.48. The van der Waals surface area contributed by atoms with Crippen molar-refractivity contribution in [3.05, 3.63) is 34.9 Å². The van der Waals surface area contributed by atoms with Crippen LogP contribution < -0.4 is 0 Å². The van der Waals surface area contributed by atoms with Crippen LogP contribution in [0.3, 0.4) is 0 Å². The maximum atomic E-state index is 6.35. The Hall–Kier alpha value is -1.02. The van der Waals surface area contributed by atoms with Gasteiger partial charge in [-0.05, 0) is 56.4 Å². The predicted molar refractivity (Wildman–Crippen MR) is 90.6 cm³/mol. The van der Waals surface area contributed by atoms with Crippen molar-refractivity contribution in [2.45, 2.75) is 69.4 Å². The minimum Gasteiger partial charge on any atom is -0.474 e. The molecule has 2 nitrogen and oxygen atoms in total. The first-order valence-electron chi connectivity index (χ1n) is 8.79. The number of hydrogen-bond acceptors (Lipinski definition) is 2. The second-order valence-electron chi connectivity index (χ2n) is 7.14. The van der Waals surface area contributed by atoms with E-state index in [-0.39, 0.29) is 5.54 Å². The van der Waals surface area contributed by atoms with E-state index in [9.17, 15) is 0 Å². The van der Waals surface area contributed by atoms with E-state index in [0.717, 1.165) is 16.5 Å². The molecule has 118 valence electrons. The lowest BCUT2D eigenvalue weighted by molar-refractivity contribution is -0.000242. The molecule has 2 aliphatic carbocycles. The van der Waals surface area contributed by atoms with Crippen molar-refractivity contribution in [3.63, 3.8) is 0 Å². The number of aliphatic imine (C=N–C) groups is 1. The molecule has 0 bridgehead atoms. The molecule has 2 saturated carbocycles. The van der Waals surface area contributed by atoms with E-state index in [1.165, 1.54) is 57.8 Å². The number of hydrogen-bond donors (Lipinski definition) is 0. The van der Waals surface area contributed by atoms with Crippen LogP contribution >= 0.6 is 11.6 Å². The average Bonchev–Trinajstić information content (AvgIpc) is 2.56. The standard InChI is InChI=1S/C19H24ClNO/c20-15-10-8-14(9-11-15)18-21-19(12-4-1-5-13-19)16-6-2-3-7-17(16)22-18/h8-11,16-17H,1-7,12-13H2. The largest absolute Gasteiger partial charge is 0.474 e. The third kappa shape index (κ3) is 2.56. The van der Waals surface area contributed by atoms with E-state index in [1.54, 1.807) is 0 Å². The summed E-state index contributed by atoms with van der Waals surface area (Å²) in [4.78, 5) is 5.21. The highest BCUT2D eigenvalue weighted by Gasteiger charge is 2.48. The second-order valence-corrected chi connectivity index (χ2v) is 7.57. The molecule has 3 heteroatoms. The van der Waals surface area contributed by atoms with E-state index in [2.05, 4.69) is 0 Å². The molecule has 0 radical (unpaired) electrons. The molecule has 1 aromatic rings. The first-order chi connectivity index (χ1) is 10.8. The number of halogens is 1. The lowest BCUT2D eigenvalue weighted by Gasteiger charge is -2.49. The Morgan fingerprint density at radius 1 is 0.955 bits per heavy atom. The Labute approximate surface area is 137 Å². The monoisotopic (exact) mass is 317 g/mol. The number of nitrogens with zero attached hydrogens (tertiary/aromatic N) is 1. The van der Waals surface area contributed by atoms with E-state index in [0.29, 0.717) is 12.0 Å². The quantitative estimate of drug-likeness (QED) is 0.681. The Morgan fingerprint density at radius 2 is 1.68 bits per heavy atom. The number of ether oxygens (including phenoxy) is 1. The highest BCUT2D eigenvalue weighted by atomic mass is 35.5. The molecule has 2 fully saturated rings. The zero-order valence-corrected chi connectivity index (χ0v) is 13.8. The van der Waals surface area contributed by atoms with Crippen molar-refractivity contribution >= 4 is 17.5 Å². The Bertz CT molecular complexity index is 559. The van der Waals surface area contributed by atoms with Crippen LogP contribution in [0.4, 0.5) is 0 Å². The molecular weight excluding hydrogens is 294 g/mol. The van der Waals surface area contributed by atoms with Gasteiger partial charge in [0.2, 0.25) is 5.90 Å². The lowest BCUT2D eigenvalue weighted by atomic mass is 9.66. The third-order valence-electron chi connectivity index (χ3n) is 5.79. The van der Waals surface area contributed by atoms with Gasteiger partial charge in [-0.1, -0.05) is 37.3 Å². The summed E-state index contributed by atoms with van der Waals surface area (Å²) in [6, 6.07) is 7.95. The van der Waals surface area contributed by atoms with Crippen LogP contribution in [0.5, 0.6) is 0 Å². The molecule has 0 amide bonds. The topological polar surface area (TPSA) is 21.6 Å². The fourth-order valence-corrected chi connectivity index (χ4v) is 4.81. The minimum absolute atomic E-state index is 0.149. The summed E-state index contributed by atoms with van der Waals surface area (Å²) >= 11 is 6.02. The maximum Gasteiger partial charge on any atom is 0.216 e. The second kappa shape index (κ2) is 5.88. The summed E-state index contributed by atoms with van der Waals surface area (Å²) in [5.74, 6) is 1.50. The van der Waals surface area contributed by atoms with Crippen molar-refractivity contribution in [1.82, 2.24) is 0 Å². The van der Waals surface area contributed by atoms with Crippen molar-refractivity contribution in [2.24, 2.45) is 10.9 Å². The zero-order chi connectivity index (χ0) is 15.0. The number of benzene rings is 1. The van der Waals surface area contributed by atoms with Gasteiger partial charge in [0.15, 0.2) is 0 Å². The van der Waals surface area contributed by atoms with Crippen LogP contribution in [0.15, 0.2) is 29.3 Å². The van der Waals surface area contributed by atoms with Gasteiger partial charge in [0, 0.05) is 16.5 Å². The third-order valence-corrected chi connectivity index (χ3v) is 6.04. The van der Waals surface area contributed by atoms with Gasteiger partial charge in [-0.15, -0.1) is 0 Å². The molecule has 3 aliphatic rings. The van der Waals surface area contributed by atoms with E-state index >= 15 is 0 Å². The molecule has 0 N–H and O–H groups in total. The van der Waals surface area contributed by atoms with E-state index in [1.807, 2.05) is 24.3 Å². The van der Waals surface area contributed by atoms with Gasteiger partial charge < -0.3 is 4.74 Å². The van der Waals surface area contributed by atoms with Crippen molar-refractivity contribution < 1.29 is 4.74 Å². The summed E-state index contributed by atoms with van der Waals surface area (Å²) in [6.07, 6.45) is 12.0. The van der Waals surface area contributed by atoms with E-state index < -0.39 is 0 Å². The van der Waals surface area contributed by atoms with Gasteiger partial charge in [0.05, 0.1) is 5.54 Å². The fourth-order valence-electron chi connectivity index (χ4n) is 4.68. The summed E-state index contributed by atoms with van der Waals surface area (Å²) in [6.45, 7) is 0. The maximum absolute atomic E-state index is 6.35. The summed E-state index contributed by atoms with van der Waals surface area (Å²) in [5, 5.41) is 0.767. The molecule has 1 spiro atoms. The molecular formula is C19H24ClNO. The molecule has 0 saturated heterocycles. The smallest absolute Gasteiger partial charge is 0.216 e. The summed E-state index contributed by atoms with van der Waals surface area (Å²) in [7, 11) is 0. The Balaban J connectivity index is 1.72. The van der Waals surface area contributed by atoms with Crippen LogP contribution in [-0.4, -0.2) is 17.5 Å². The van der Waals surface area contributed by atoms with Crippen molar-refractivity contribution in [3.8, 4) is 0 Å².